The van der Waals surface area contributed by atoms with Crippen LogP contribution in [0.25, 0.3) is 0 Å². The number of carbonyl (C=O) groups is 2. The van der Waals surface area contributed by atoms with Gasteiger partial charge in [-0.2, -0.15) is 0 Å². The van der Waals surface area contributed by atoms with Gasteiger partial charge in [0.15, 0.2) is 0 Å². The monoisotopic (exact) mass is 346 g/mol. The minimum atomic E-state index is 0.0596. The maximum Gasteiger partial charge on any atom is 0.242 e. The van der Waals surface area contributed by atoms with Crippen molar-refractivity contribution in [2.75, 3.05) is 39.9 Å². The number of carbonyl (C=O) groups excluding carboxylic acids is 2. The number of rotatable bonds is 6. The van der Waals surface area contributed by atoms with Crippen molar-refractivity contribution in [2.45, 2.75) is 25.7 Å². The van der Waals surface area contributed by atoms with Crippen LogP contribution in [-0.4, -0.2) is 61.5 Å². The van der Waals surface area contributed by atoms with Crippen LogP contribution in [-0.2, 0) is 9.59 Å². The molecule has 0 bridgehead atoms. The molecule has 0 aromatic heterocycles. The molecule has 25 heavy (non-hydrogen) atoms. The second-order valence-corrected chi connectivity index (χ2v) is 6.75. The number of benzene rings is 1. The molecule has 2 aliphatic heterocycles. The molecule has 0 aliphatic carbocycles. The highest BCUT2D eigenvalue weighted by Gasteiger charge is 2.28. The lowest BCUT2D eigenvalue weighted by atomic mass is 9.99. The number of ether oxygens (including phenoxy) is 2. The van der Waals surface area contributed by atoms with E-state index in [0.29, 0.717) is 32.0 Å². The van der Waals surface area contributed by atoms with Crippen LogP contribution in [0.4, 0.5) is 0 Å². The molecule has 136 valence electrons. The van der Waals surface area contributed by atoms with Crippen molar-refractivity contribution in [3.05, 3.63) is 24.3 Å². The first-order valence-corrected chi connectivity index (χ1v) is 8.98. The molecule has 2 amide bonds. The molecule has 0 saturated carbocycles. The molecule has 2 heterocycles. The zero-order valence-electron chi connectivity index (χ0n) is 14.8. The van der Waals surface area contributed by atoms with E-state index in [1.807, 2.05) is 29.2 Å². The van der Waals surface area contributed by atoms with E-state index < -0.39 is 0 Å². The highest BCUT2D eigenvalue weighted by molar-refractivity contribution is 5.85. The SMILES string of the molecule is COc1ccc(OC[C@H]2CCCN(C(=O)CN3CCCC3=O)C2)cc1. The molecule has 0 unspecified atom stereocenters. The van der Waals surface area contributed by atoms with E-state index in [0.717, 1.165) is 37.3 Å². The summed E-state index contributed by atoms with van der Waals surface area (Å²) in [5.74, 6) is 2.10. The molecule has 1 atom stereocenters. The van der Waals surface area contributed by atoms with Crippen molar-refractivity contribution in [1.82, 2.24) is 9.80 Å². The summed E-state index contributed by atoms with van der Waals surface area (Å²) in [5, 5.41) is 0. The van der Waals surface area contributed by atoms with Crippen molar-refractivity contribution in [3.8, 4) is 11.5 Å². The Morgan fingerprint density at radius 3 is 2.60 bits per heavy atom. The van der Waals surface area contributed by atoms with Gasteiger partial charge in [0.05, 0.1) is 20.3 Å². The quantitative estimate of drug-likeness (QED) is 0.790. The van der Waals surface area contributed by atoms with Crippen LogP contribution in [0.15, 0.2) is 24.3 Å². The van der Waals surface area contributed by atoms with Crippen molar-refractivity contribution >= 4 is 11.8 Å². The highest BCUT2D eigenvalue weighted by Crippen LogP contribution is 2.21. The van der Waals surface area contributed by atoms with Crippen molar-refractivity contribution < 1.29 is 19.1 Å². The Bertz CT molecular complexity index is 602. The third-order valence-corrected chi connectivity index (χ3v) is 4.91. The topological polar surface area (TPSA) is 59.1 Å². The number of piperidine rings is 1. The lowest BCUT2D eigenvalue weighted by Crippen LogP contribution is -2.46. The molecule has 2 saturated heterocycles. The van der Waals surface area contributed by atoms with Crippen molar-refractivity contribution in [2.24, 2.45) is 5.92 Å². The summed E-state index contributed by atoms with van der Waals surface area (Å²) in [7, 11) is 1.64. The number of likely N-dealkylation sites (tertiary alicyclic amines) is 2. The fourth-order valence-corrected chi connectivity index (χ4v) is 3.45. The molecule has 6 nitrogen and oxygen atoms in total. The van der Waals surface area contributed by atoms with Crippen LogP contribution in [0.5, 0.6) is 11.5 Å². The standard InChI is InChI=1S/C19H26N2O4/c1-24-16-6-8-17(9-7-16)25-14-15-4-2-10-20(12-15)19(23)13-21-11-3-5-18(21)22/h6-9,15H,2-5,10-14H2,1H3/t15-/m0/s1. The normalized spacial score (nSPS) is 20.7. The Balaban J connectivity index is 1.46. The number of hydrogen-bond acceptors (Lipinski definition) is 4. The summed E-state index contributed by atoms with van der Waals surface area (Å²) < 4.78 is 11.0. The second-order valence-electron chi connectivity index (χ2n) is 6.75. The summed E-state index contributed by atoms with van der Waals surface area (Å²) in [4.78, 5) is 27.7. The lowest BCUT2D eigenvalue weighted by Gasteiger charge is -2.33. The van der Waals surface area contributed by atoms with E-state index in [1.54, 1.807) is 12.0 Å². The van der Waals surface area contributed by atoms with Gasteiger partial charge in [0.25, 0.3) is 0 Å². The van der Waals surface area contributed by atoms with Gasteiger partial charge in [-0.05, 0) is 43.5 Å². The van der Waals surface area contributed by atoms with Gasteiger partial charge in [0.1, 0.15) is 11.5 Å². The van der Waals surface area contributed by atoms with Crippen LogP contribution in [0.2, 0.25) is 0 Å². The third-order valence-electron chi connectivity index (χ3n) is 4.91. The Hall–Kier alpha value is -2.24. The maximum absolute atomic E-state index is 12.5. The van der Waals surface area contributed by atoms with E-state index in [-0.39, 0.29) is 18.4 Å². The van der Waals surface area contributed by atoms with Crippen molar-refractivity contribution in [3.63, 3.8) is 0 Å². The van der Waals surface area contributed by atoms with Gasteiger partial charge in [-0.1, -0.05) is 0 Å². The van der Waals surface area contributed by atoms with E-state index in [9.17, 15) is 9.59 Å². The Kier molecular flexibility index (Phi) is 5.79. The average molecular weight is 346 g/mol. The van der Waals surface area contributed by atoms with Crippen LogP contribution in [0, 0.1) is 5.92 Å². The predicted molar refractivity (Wildman–Crippen MR) is 93.6 cm³/mol. The van der Waals surface area contributed by atoms with E-state index in [1.165, 1.54) is 0 Å². The lowest BCUT2D eigenvalue weighted by molar-refractivity contribution is -0.139. The predicted octanol–water partition coefficient (Wildman–Crippen LogP) is 1.93. The molecule has 1 aromatic rings. The summed E-state index contributed by atoms with van der Waals surface area (Å²) in [6.45, 7) is 3.02. The van der Waals surface area contributed by atoms with Crippen LogP contribution in [0.1, 0.15) is 25.7 Å². The van der Waals surface area contributed by atoms with Gasteiger partial charge in [-0.3, -0.25) is 9.59 Å². The third kappa shape index (κ3) is 4.65. The number of methoxy groups -OCH3 is 1. The summed E-state index contributed by atoms with van der Waals surface area (Å²) >= 11 is 0. The Labute approximate surface area is 148 Å². The van der Waals surface area contributed by atoms with E-state index in [4.69, 9.17) is 9.47 Å². The molecule has 2 aliphatic rings. The van der Waals surface area contributed by atoms with Gasteiger partial charge in [-0.25, -0.2) is 0 Å². The Morgan fingerprint density at radius 1 is 1.16 bits per heavy atom. The van der Waals surface area contributed by atoms with Gasteiger partial charge in [0.2, 0.25) is 11.8 Å². The maximum atomic E-state index is 12.5. The first-order chi connectivity index (χ1) is 12.2. The molecular weight excluding hydrogens is 320 g/mol. The first kappa shape index (κ1) is 17.6. The molecule has 6 heteroatoms. The minimum absolute atomic E-state index is 0.0596. The fourth-order valence-electron chi connectivity index (χ4n) is 3.45. The van der Waals surface area contributed by atoms with Gasteiger partial charge >= 0.3 is 0 Å². The highest BCUT2D eigenvalue weighted by atomic mass is 16.5. The Morgan fingerprint density at radius 2 is 1.92 bits per heavy atom. The fraction of sp³-hybridized carbons (Fsp3) is 0.579. The molecular formula is C19H26N2O4. The van der Waals surface area contributed by atoms with Crippen LogP contribution < -0.4 is 9.47 Å². The number of nitrogens with zero attached hydrogens (tertiary/aromatic N) is 2. The van der Waals surface area contributed by atoms with Crippen LogP contribution in [0.3, 0.4) is 0 Å². The molecule has 0 radical (unpaired) electrons. The number of hydrogen-bond donors (Lipinski definition) is 0. The molecule has 2 fully saturated rings. The zero-order chi connectivity index (χ0) is 17.6. The summed E-state index contributed by atoms with van der Waals surface area (Å²) in [6.07, 6.45) is 3.48. The summed E-state index contributed by atoms with van der Waals surface area (Å²) in [6, 6.07) is 7.53. The van der Waals surface area contributed by atoms with Crippen LogP contribution >= 0.6 is 0 Å². The van der Waals surface area contributed by atoms with E-state index in [2.05, 4.69) is 0 Å². The van der Waals surface area contributed by atoms with Crippen molar-refractivity contribution in [1.29, 1.82) is 0 Å². The zero-order valence-corrected chi connectivity index (χ0v) is 14.8. The average Bonchev–Trinajstić information content (AvgIpc) is 3.05. The van der Waals surface area contributed by atoms with E-state index >= 15 is 0 Å². The first-order valence-electron chi connectivity index (χ1n) is 8.98. The smallest absolute Gasteiger partial charge is 0.242 e. The molecule has 1 aromatic carbocycles. The van der Waals surface area contributed by atoms with Gasteiger partial charge < -0.3 is 19.3 Å². The molecule has 0 spiro atoms. The largest absolute Gasteiger partial charge is 0.497 e. The minimum Gasteiger partial charge on any atom is -0.497 e. The summed E-state index contributed by atoms with van der Waals surface area (Å²) in [5.41, 5.74) is 0. The van der Waals surface area contributed by atoms with Gasteiger partial charge in [-0.15, -0.1) is 0 Å². The molecule has 3 rings (SSSR count). The molecule has 0 N–H and O–H groups in total. The number of amides is 2. The second kappa shape index (κ2) is 8.23. The van der Waals surface area contributed by atoms with Gasteiger partial charge in [0, 0.05) is 32.0 Å².